The second kappa shape index (κ2) is 8.51. The molecule has 0 N–H and O–H groups in total. The summed E-state index contributed by atoms with van der Waals surface area (Å²) in [5, 5.41) is 0. The number of methoxy groups -OCH3 is 1. The molecule has 2 aliphatic rings. The molecule has 0 bridgehead atoms. The Bertz CT molecular complexity index is 818. The molecule has 156 valence electrons. The average molecular weight is 400 g/mol. The highest BCUT2D eigenvalue weighted by atomic mass is 16.5. The van der Waals surface area contributed by atoms with Gasteiger partial charge >= 0.3 is 0 Å². The summed E-state index contributed by atoms with van der Waals surface area (Å²) in [6, 6.07) is 4.34. The van der Waals surface area contributed by atoms with Gasteiger partial charge in [-0.2, -0.15) is 0 Å². The Hall–Kier alpha value is -2.45. The number of hydrogen-bond donors (Lipinski definition) is 0. The van der Waals surface area contributed by atoms with Gasteiger partial charge < -0.3 is 18.8 Å². The number of aromatic nitrogens is 2. The molecule has 2 aromatic rings. The maximum absolute atomic E-state index is 12.9. The second-order valence-corrected chi connectivity index (χ2v) is 7.84. The molecule has 1 atom stereocenters. The van der Waals surface area contributed by atoms with Crippen LogP contribution in [0.2, 0.25) is 0 Å². The Labute approximate surface area is 170 Å². The Morgan fingerprint density at radius 2 is 2.07 bits per heavy atom. The summed E-state index contributed by atoms with van der Waals surface area (Å²) in [5.41, 5.74) is 0.0723. The number of amides is 1. The van der Waals surface area contributed by atoms with Crippen molar-refractivity contribution in [3.63, 3.8) is 0 Å². The molecule has 0 radical (unpaired) electrons. The molecule has 8 nitrogen and oxygen atoms in total. The summed E-state index contributed by atoms with van der Waals surface area (Å²) in [6.07, 6.45) is 7.28. The van der Waals surface area contributed by atoms with E-state index in [1.807, 2.05) is 17.0 Å². The van der Waals surface area contributed by atoms with Crippen LogP contribution in [0.3, 0.4) is 0 Å². The highest BCUT2D eigenvalue weighted by molar-refractivity contribution is 5.94. The monoisotopic (exact) mass is 400 g/mol. The maximum atomic E-state index is 12.9. The largest absolute Gasteiger partial charge is 0.479 e. The Morgan fingerprint density at radius 1 is 1.28 bits per heavy atom. The Balaban J connectivity index is 1.37. The SMILES string of the molecule is COc1nccnc1C(=O)N1CCC2(CC1)CN(C(C)Cc1ccco1)CCO2. The first-order valence-electron chi connectivity index (χ1n) is 10.1. The molecule has 2 fully saturated rings. The van der Waals surface area contributed by atoms with E-state index in [-0.39, 0.29) is 23.1 Å². The summed E-state index contributed by atoms with van der Waals surface area (Å²) < 4.78 is 16.9. The van der Waals surface area contributed by atoms with Crippen LogP contribution >= 0.6 is 0 Å². The molecule has 29 heavy (non-hydrogen) atoms. The molecule has 0 aromatic carbocycles. The summed E-state index contributed by atoms with van der Waals surface area (Å²) >= 11 is 0. The van der Waals surface area contributed by atoms with Crippen molar-refractivity contribution >= 4 is 5.91 Å². The highest BCUT2D eigenvalue weighted by Crippen LogP contribution is 2.32. The normalized spacial score (nSPS) is 20.6. The van der Waals surface area contributed by atoms with E-state index in [0.717, 1.165) is 38.1 Å². The summed E-state index contributed by atoms with van der Waals surface area (Å²) in [4.78, 5) is 25.4. The van der Waals surface area contributed by atoms with Crippen LogP contribution in [0, 0.1) is 0 Å². The van der Waals surface area contributed by atoms with E-state index >= 15 is 0 Å². The van der Waals surface area contributed by atoms with E-state index in [1.54, 1.807) is 6.26 Å². The zero-order valence-electron chi connectivity index (χ0n) is 17.0. The van der Waals surface area contributed by atoms with Gasteiger partial charge in [0.15, 0.2) is 5.69 Å². The molecule has 2 aromatic heterocycles. The van der Waals surface area contributed by atoms with Crippen molar-refractivity contribution in [3.05, 3.63) is 42.2 Å². The lowest BCUT2D eigenvalue weighted by atomic mass is 9.88. The van der Waals surface area contributed by atoms with Crippen molar-refractivity contribution < 1.29 is 18.7 Å². The van der Waals surface area contributed by atoms with Gasteiger partial charge in [-0.05, 0) is 31.9 Å². The number of carbonyl (C=O) groups is 1. The predicted molar refractivity (Wildman–Crippen MR) is 106 cm³/mol. The van der Waals surface area contributed by atoms with Gasteiger partial charge in [0.1, 0.15) is 5.76 Å². The van der Waals surface area contributed by atoms with Crippen molar-refractivity contribution in [2.75, 3.05) is 39.9 Å². The molecular weight excluding hydrogens is 372 g/mol. The van der Waals surface area contributed by atoms with Gasteiger partial charge in [0.25, 0.3) is 5.91 Å². The average Bonchev–Trinajstić information content (AvgIpc) is 3.27. The maximum Gasteiger partial charge on any atom is 0.278 e. The number of ether oxygens (including phenoxy) is 2. The molecule has 8 heteroatoms. The first-order valence-corrected chi connectivity index (χ1v) is 10.1. The zero-order chi connectivity index (χ0) is 20.3. The molecule has 1 unspecified atom stereocenters. The second-order valence-electron chi connectivity index (χ2n) is 7.84. The van der Waals surface area contributed by atoms with Gasteiger partial charge in [0.2, 0.25) is 5.88 Å². The van der Waals surface area contributed by atoms with Gasteiger partial charge in [-0.1, -0.05) is 0 Å². The quantitative estimate of drug-likeness (QED) is 0.759. The first kappa shape index (κ1) is 19.8. The number of morpholine rings is 1. The van der Waals surface area contributed by atoms with Gasteiger partial charge in [-0.15, -0.1) is 0 Å². The third kappa shape index (κ3) is 4.28. The lowest BCUT2D eigenvalue weighted by Crippen LogP contribution is -2.59. The van der Waals surface area contributed by atoms with E-state index in [1.165, 1.54) is 19.5 Å². The van der Waals surface area contributed by atoms with Crippen LogP contribution in [0.4, 0.5) is 0 Å². The summed E-state index contributed by atoms with van der Waals surface area (Å²) in [6.45, 7) is 6.03. The molecule has 0 saturated carbocycles. The van der Waals surface area contributed by atoms with Crippen molar-refractivity contribution in [3.8, 4) is 5.88 Å². The predicted octanol–water partition coefficient (Wildman–Crippen LogP) is 2.02. The fourth-order valence-corrected chi connectivity index (χ4v) is 4.29. The van der Waals surface area contributed by atoms with Gasteiger partial charge in [-0.3, -0.25) is 9.69 Å². The number of nitrogens with zero attached hydrogens (tertiary/aromatic N) is 4. The molecule has 4 rings (SSSR count). The van der Waals surface area contributed by atoms with Gasteiger partial charge in [0.05, 0.1) is 25.6 Å². The molecule has 2 saturated heterocycles. The fraction of sp³-hybridized carbons (Fsp3) is 0.571. The van der Waals surface area contributed by atoms with E-state index in [2.05, 4.69) is 21.8 Å². The summed E-state index contributed by atoms with van der Waals surface area (Å²) in [5.74, 6) is 1.14. The first-order chi connectivity index (χ1) is 14.1. The van der Waals surface area contributed by atoms with Crippen LogP contribution in [0.15, 0.2) is 35.2 Å². The number of hydrogen-bond acceptors (Lipinski definition) is 7. The third-order valence-electron chi connectivity index (χ3n) is 6.00. The van der Waals surface area contributed by atoms with Crippen LogP contribution in [-0.4, -0.2) is 77.2 Å². The highest BCUT2D eigenvalue weighted by Gasteiger charge is 2.42. The minimum atomic E-state index is -0.196. The van der Waals surface area contributed by atoms with Crippen molar-refractivity contribution in [1.29, 1.82) is 0 Å². The third-order valence-corrected chi connectivity index (χ3v) is 6.00. The number of rotatable bonds is 5. The van der Waals surface area contributed by atoms with Crippen LogP contribution in [-0.2, 0) is 11.2 Å². The number of piperidine rings is 1. The van der Waals surface area contributed by atoms with Crippen LogP contribution in [0.25, 0.3) is 0 Å². The smallest absolute Gasteiger partial charge is 0.278 e. The fourth-order valence-electron chi connectivity index (χ4n) is 4.29. The van der Waals surface area contributed by atoms with Crippen LogP contribution < -0.4 is 4.74 Å². The van der Waals surface area contributed by atoms with Crippen molar-refractivity contribution in [2.24, 2.45) is 0 Å². The number of likely N-dealkylation sites (tertiary alicyclic amines) is 1. The Kier molecular flexibility index (Phi) is 5.82. The molecule has 4 heterocycles. The summed E-state index contributed by atoms with van der Waals surface area (Å²) in [7, 11) is 1.50. The minimum absolute atomic E-state index is 0.136. The van der Waals surface area contributed by atoms with Crippen LogP contribution in [0.1, 0.15) is 36.0 Å². The lowest BCUT2D eigenvalue weighted by molar-refractivity contribution is -0.139. The standard InChI is InChI=1S/C21H28N4O4/c1-16(14-17-4-3-12-28-17)25-11-13-29-21(15-25)5-9-24(10-6-21)20(26)18-19(27-2)23-8-7-22-18/h3-4,7-8,12,16H,5-6,9-11,13-15H2,1-2H3. The molecular formula is C21H28N4O4. The molecule has 0 aliphatic carbocycles. The minimum Gasteiger partial charge on any atom is -0.479 e. The van der Waals surface area contributed by atoms with E-state index in [0.29, 0.717) is 25.7 Å². The topological polar surface area (TPSA) is 80.9 Å². The molecule has 1 amide bonds. The number of carbonyl (C=O) groups excluding carboxylic acids is 1. The van der Waals surface area contributed by atoms with Crippen LogP contribution in [0.5, 0.6) is 5.88 Å². The van der Waals surface area contributed by atoms with Crippen molar-refractivity contribution in [1.82, 2.24) is 19.8 Å². The molecule has 2 aliphatic heterocycles. The zero-order valence-corrected chi connectivity index (χ0v) is 17.0. The van der Waals surface area contributed by atoms with Gasteiger partial charge in [0, 0.05) is 51.0 Å². The Morgan fingerprint density at radius 3 is 2.79 bits per heavy atom. The number of furan rings is 1. The lowest BCUT2D eigenvalue weighted by Gasteiger charge is -2.48. The van der Waals surface area contributed by atoms with Crippen molar-refractivity contribution in [2.45, 2.75) is 37.8 Å². The molecule has 1 spiro atoms. The van der Waals surface area contributed by atoms with Gasteiger partial charge in [-0.25, -0.2) is 9.97 Å². The van der Waals surface area contributed by atoms with E-state index in [9.17, 15) is 4.79 Å². The van der Waals surface area contributed by atoms with E-state index < -0.39 is 0 Å². The van der Waals surface area contributed by atoms with E-state index in [4.69, 9.17) is 13.9 Å².